The van der Waals surface area contributed by atoms with Gasteiger partial charge in [0.15, 0.2) is 0 Å². The first kappa shape index (κ1) is 18.0. The topological polar surface area (TPSA) is 96.0 Å². The van der Waals surface area contributed by atoms with Crippen LogP contribution >= 0.6 is 0 Å². The molecule has 0 saturated carbocycles. The van der Waals surface area contributed by atoms with Crippen LogP contribution in [0.2, 0.25) is 0 Å². The van der Waals surface area contributed by atoms with Crippen LogP contribution in [-0.2, 0) is 9.59 Å². The molecule has 7 heteroatoms. The zero-order valence-electron chi connectivity index (χ0n) is 15.0. The second-order valence-electron chi connectivity index (χ2n) is 6.82. The van der Waals surface area contributed by atoms with Crippen LogP contribution in [0.5, 0.6) is 0 Å². The highest BCUT2D eigenvalue weighted by molar-refractivity contribution is 6.00. The lowest BCUT2D eigenvalue weighted by Gasteiger charge is -2.26. The molecule has 0 bridgehead atoms. The van der Waals surface area contributed by atoms with E-state index in [2.05, 4.69) is 25.9 Å². The molecule has 1 atom stereocenters. The maximum Gasteiger partial charge on any atom is 0.233 e. The lowest BCUT2D eigenvalue weighted by Crippen LogP contribution is -2.41. The van der Waals surface area contributed by atoms with Gasteiger partial charge in [0.05, 0.1) is 5.41 Å². The molecule has 1 unspecified atom stereocenters. The lowest BCUT2D eigenvalue weighted by atomic mass is 9.82. The van der Waals surface area contributed by atoms with Crippen LogP contribution < -0.4 is 16.0 Å². The molecule has 7 nitrogen and oxygen atoms in total. The van der Waals surface area contributed by atoms with Crippen molar-refractivity contribution < 1.29 is 9.59 Å². The van der Waals surface area contributed by atoms with Crippen molar-refractivity contribution >= 4 is 23.5 Å². The van der Waals surface area contributed by atoms with Crippen LogP contribution in [0.3, 0.4) is 0 Å². The SMILES string of the molecule is Cc1ccnc(NC(=O)CC2(C(=O)Nc3cc(C)ccn3)CCNC2)c1. The van der Waals surface area contributed by atoms with E-state index < -0.39 is 5.41 Å². The highest BCUT2D eigenvalue weighted by Gasteiger charge is 2.43. The molecular weight excluding hydrogens is 330 g/mol. The van der Waals surface area contributed by atoms with Crippen LogP contribution in [0.25, 0.3) is 0 Å². The first-order valence-corrected chi connectivity index (χ1v) is 8.64. The van der Waals surface area contributed by atoms with Crippen molar-refractivity contribution in [3.8, 4) is 0 Å². The summed E-state index contributed by atoms with van der Waals surface area (Å²) in [5.74, 6) is 0.589. The number of aryl methyl sites for hydroxylation is 2. The molecule has 3 heterocycles. The molecular formula is C19H23N5O2. The molecule has 1 aliphatic rings. The zero-order chi connectivity index (χ0) is 18.6. The molecule has 2 amide bonds. The number of pyridine rings is 2. The van der Waals surface area contributed by atoms with E-state index >= 15 is 0 Å². The van der Waals surface area contributed by atoms with Crippen LogP contribution in [0.4, 0.5) is 11.6 Å². The predicted octanol–water partition coefficient (Wildman–Crippen LogP) is 2.04. The third-order valence-electron chi connectivity index (χ3n) is 4.56. The minimum absolute atomic E-state index is 0.0905. The standard InChI is InChI=1S/C19H23N5O2/c1-13-3-6-21-15(9-13)23-17(25)11-19(5-8-20-12-19)18(26)24-16-10-14(2)4-7-22-16/h3-4,6-7,9-10,20H,5,8,11-12H2,1-2H3,(H,21,23,25)(H,22,24,26). The van der Waals surface area contributed by atoms with Gasteiger partial charge in [-0.25, -0.2) is 9.97 Å². The maximum atomic E-state index is 12.9. The Morgan fingerprint density at radius 3 is 2.23 bits per heavy atom. The quantitative estimate of drug-likeness (QED) is 0.764. The van der Waals surface area contributed by atoms with Crippen molar-refractivity contribution in [2.75, 3.05) is 23.7 Å². The summed E-state index contributed by atoms with van der Waals surface area (Å²) in [6.07, 6.45) is 3.99. The number of hydrogen-bond donors (Lipinski definition) is 3. The summed E-state index contributed by atoms with van der Waals surface area (Å²) in [5, 5.41) is 8.84. The average molecular weight is 353 g/mol. The average Bonchev–Trinajstić information content (AvgIpc) is 3.04. The molecule has 3 rings (SSSR count). The third kappa shape index (κ3) is 4.23. The van der Waals surface area contributed by atoms with Gasteiger partial charge in [0.1, 0.15) is 11.6 Å². The molecule has 1 aliphatic heterocycles. The Kier molecular flexibility index (Phi) is 5.27. The fourth-order valence-corrected chi connectivity index (χ4v) is 3.12. The number of hydrogen-bond acceptors (Lipinski definition) is 5. The van der Waals surface area contributed by atoms with Gasteiger partial charge in [-0.2, -0.15) is 0 Å². The van der Waals surface area contributed by atoms with E-state index in [4.69, 9.17) is 0 Å². The number of aromatic nitrogens is 2. The van der Waals surface area contributed by atoms with Gasteiger partial charge in [0.25, 0.3) is 0 Å². The van der Waals surface area contributed by atoms with E-state index in [9.17, 15) is 9.59 Å². The number of carbonyl (C=O) groups excluding carboxylic acids is 2. The summed E-state index contributed by atoms with van der Waals surface area (Å²) in [6.45, 7) is 5.03. The number of nitrogens with zero attached hydrogens (tertiary/aromatic N) is 2. The smallest absolute Gasteiger partial charge is 0.233 e. The minimum atomic E-state index is -0.792. The summed E-state index contributed by atoms with van der Waals surface area (Å²) < 4.78 is 0. The number of amides is 2. The molecule has 2 aromatic rings. The summed E-state index contributed by atoms with van der Waals surface area (Å²) in [5.41, 5.74) is 1.23. The van der Waals surface area contributed by atoms with Gasteiger partial charge < -0.3 is 16.0 Å². The minimum Gasteiger partial charge on any atom is -0.316 e. The van der Waals surface area contributed by atoms with Crippen LogP contribution in [-0.4, -0.2) is 34.9 Å². The van der Waals surface area contributed by atoms with E-state index in [1.54, 1.807) is 18.5 Å². The Morgan fingerprint density at radius 1 is 1.08 bits per heavy atom. The highest BCUT2D eigenvalue weighted by atomic mass is 16.2. The van der Waals surface area contributed by atoms with Gasteiger partial charge in [-0.1, -0.05) is 0 Å². The molecule has 136 valence electrons. The van der Waals surface area contributed by atoms with Gasteiger partial charge in [-0.3, -0.25) is 9.59 Å². The molecule has 0 aromatic carbocycles. The molecule has 0 radical (unpaired) electrons. The fraction of sp³-hybridized carbons (Fsp3) is 0.368. The van der Waals surface area contributed by atoms with E-state index in [0.29, 0.717) is 31.1 Å². The molecule has 1 fully saturated rings. The van der Waals surface area contributed by atoms with Crippen molar-refractivity contribution in [1.29, 1.82) is 0 Å². The van der Waals surface area contributed by atoms with Crippen molar-refractivity contribution in [3.63, 3.8) is 0 Å². The Labute approximate surface area is 152 Å². The van der Waals surface area contributed by atoms with E-state index in [0.717, 1.165) is 11.1 Å². The molecule has 26 heavy (non-hydrogen) atoms. The number of anilines is 2. The number of carbonyl (C=O) groups is 2. The van der Waals surface area contributed by atoms with E-state index in [1.807, 2.05) is 32.0 Å². The van der Waals surface area contributed by atoms with Gasteiger partial charge in [-0.05, 0) is 62.2 Å². The summed E-state index contributed by atoms with van der Waals surface area (Å²) in [6, 6.07) is 7.34. The summed E-state index contributed by atoms with van der Waals surface area (Å²) >= 11 is 0. The van der Waals surface area contributed by atoms with E-state index in [-0.39, 0.29) is 18.2 Å². The molecule has 3 N–H and O–H groups in total. The predicted molar refractivity (Wildman–Crippen MR) is 99.7 cm³/mol. The third-order valence-corrected chi connectivity index (χ3v) is 4.56. The Morgan fingerprint density at radius 2 is 1.69 bits per heavy atom. The second-order valence-corrected chi connectivity index (χ2v) is 6.82. The van der Waals surface area contributed by atoms with Crippen LogP contribution in [0.15, 0.2) is 36.7 Å². The largest absolute Gasteiger partial charge is 0.316 e. The van der Waals surface area contributed by atoms with Crippen molar-refractivity contribution in [3.05, 3.63) is 47.8 Å². The lowest BCUT2D eigenvalue weighted by molar-refractivity contribution is -0.129. The van der Waals surface area contributed by atoms with Crippen molar-refractivity contribution in [1.82, 2.24) is 15.3 Å². The van der Waals surface area contributed by atoms with Gasteiger partial charge in [0, 0.05) is 25.4 Å². The molecule has 0 aliphatic carbocycles. The first-order valence-electron chi connectivity index (χ1n) is 8.64. The van der Waals surface area contributed by atoms with Crippen molar-refractivity contribution in [2.45, 2.75) is 26.7 Å². The molecule has 1 saturated heterocycles. The van der Waals surface area contributed by atoms with Crippen LogP contribution in [0.1, 0.15) is 24.0 Å². The van der Waals surface area contributed by atoms with Gasteiger partial charge >= 0.3 is 0 Å². The summed E-state index contributed by atoms with van der Waals surface area (Å²) in [4.78, 5) is 33.7. The Hall–Kier alpha value is -2.80. The monoisotopic (exact) mass is 353 g/mol. The normalized spacial score (nSPS) is 19.2. The number of nitrogens with one attached hydrogen (secondary N) is 3. The highest BCUT2D eigenvalue weighted by Crippen LogP contribution is 2.31. The zero-order valence-corrected chi connectivity index (χ0v) is 15.0. The first-order chi connectivity index (χ1) is 12.5. The second kappa shape index (κ2) is 7.61. The molecule has 2 aromatic heterocycles. The summed E-state index contributed by atoms with van der Waals surface area (Å²) in [7, 11) is 0. The van der Waals surface area contributed by atoms with Crippen molar-refractivity contribution in [2.24, 2.45) is 5.41 Å². The maximum absolute atomic E-state index is 12.9. The number of rotatable bonds is 5. The van der Waals surface area contributed by atoms with Crippen LogP contribution in [0, 0.1) is 19.3 Å². The van der Waals surface area contributed by atoms with Gasteiger partial charge in [0.2, 0.25) is 11.8 Å². The van der Waals surface area contributed by atoms with E-state index in [1.165, 1.54) is 0 Å². The van der Waals surface area contributed by atoms with Gasteiger partial charge in [-0.15, -0.1) is 0 Å². The molecule has 0 spiro atoms. The Bertz CT molecular complexity index is 815. The fourth-order valence-electron chi connectivity index (χ4n) is 3.12. The Balaban J connectivity index is 1.70.